The maximum atomic E-state index is 11.7. The van der Waals surface area contributed by atoms with Gasteiger partial charge in [-0.25, -0.2) is 8.42 Å². The number of carbonyl (C=O) groups is 1. The zero-order valence-corrected chi connectivity index (χ0v) is 10.0. The van der Waals surface area contributed by atoms with Crippen LogP contribution in [0.15, 0.2) is 16.3 Å². The average molecular weight is 269 g/mol. The minimum atomic E-state index is -4.02. The summed E-state index contributed by atoms with van der Waals surface area (Å²) in [6, 6.07) is 2.65. The molecule has 0 aromatic carbocycles. The highest BCUT2D eigenvalue weighted by molar-refractivity contribution is 7.91. The van der Waals surface area contributed by atoms with E-state index in [4.69, 9.17) is 11.6 Å². The minimum absolute atomic E-state index is 0.112. The molecule has 84 valence electrons. The van der Waals surface area contributed by atoms with Gasteiger partial charge in [0.25, 0.3) is 10.0 Å². The molecule has 0 spiro atoms. The van der Waals surface area contributed by atoms with Gasteiger partial charge in [0.05, 0.1) is 4.34 Å². The molecule has 1 heterocycles. The molecular formula is C7H7ClNO4S2-. The summed E-state index contributed by atoms with van der Waals surface area (Å²) in [5, 5.41) is 10.6. The van der Waals surface area contributed by atoms with Crippen molar-refractivity contribution < 1.29 is 18.3 Å². The summed E-state index contributed by atoms with van der Waals surface area (Å²) in [6.07, 6.45) is -1.75. The van der Waals surface area contributed by atoms with Crippen molar-refractivity contribution in [3.63, 3.8) is 0 Å². The molecule has 0 saturated heterocycles. The lowest BCUT2D eigenvalue weighted by Gasteiger charge is -2.21. The molecule has 0 saturated carbocycles. The highest BCUT2D eigenvalue weighted by Gasteiger charge is 2.24. The van der Waals surface area contributed by atoms with Crippen molar-refractivity contribution in [2.45, 2.75) is 11.1 Å². The van der Waals surface area contributed by atoms with Crippen LogP contribution < -0.4 is 5.11 Å². The average Bonchev–Trinajstić information content (AvgIpc) is 2.52. The molecule has 0 aliphatic carbocycles. The van der Waals surface area contributed by atoms with Crippen LogP contribution in [0.5, 0.6) is 0 Å². The highest BCUT2D eigenvalue weighted by atomic mass is 35.5. The van der Waals surface area contributed by atoms with Gasteiger partial charge in [-0.15, -0.1) is 11.3 Å². The molecule has 1 aromatic heterocycles. The fourth-order valence-corrected chi connectivity index (χ4v) is 3.81. The molecule has 5 nitrogen and oxygen atoms in total. The first-order chi connectivity index (χ1) is 6.89. The molecule has 0 N–H and O–H groups in total. The second-order valence-electron chi connectivity index (χ2n) is 2.49. The summed E-state index contributed by atoms with van der Waals surface area (Å²) in [5.41, 5.74) is 0. The van der Waals surface area contributed by atoms with Crippen molar-refractivity contribution >= 4 is 39.1 Å². The van der Waals surface area contributed by atoms with Gasteiger partial charge in [-0.1, -0.05) is 11.6 Å². The monoisotopic (exact) mass is 268 g/mol. The number of amides is 1. The Kier molecular flexibility index (Phi) is 3.58. The predicted octanol–water partition coefficient (Wildman–Crippen LogP) is 0.755. The number of sulfonamides is 1. The molecule has 0 aliphatic heterocycles. The summed E-state index contributed by atoms with van der Waals surface area (Å²) in [7, 11) is -4.02. The molecule has 8 heteroatoms. The van der Waals surface area contributed by atoms with Gasteiger partial charge >= 0.3 is 0 Å². The zero-order valence-electron chi connectivity index (χ0n) is 7.64. The maximum Gasteiger partial charge on any atom is 0.274 e. The molecule has 1 amide bonds. The van der Waals surface area contributed by atoms with Crippen LogP contribution in [0, 0.1) is 0 Å². The number of hydrogen-bond acceptors (Lipinski definition) is 5. The Morgan fingerprint density at radius 3 is 2.53 bits per heavy atom. The number of thiophene rings is 1. The van der Waals surface area contributed by atoms with E-state index in [0.717, 1.165) is 11.3 Å². The van der Waals surface area contributed by atoms with E-state index in [1.807, 2.05) is 0 Å². The Labute approximate surface area is 95.9 Å². The minimum Gasteiger partial charge on any atom is -0.529 e. The lowest BCUT2D eigenvalue weighted by atomic mass is 10.7. The number of halogens is 1. The fraction of sp³-hybridized carbons (Fsp3) is 0.286. The van der Waals surface area contributed by atoms with E-state index >= 15 is 0 Å². The van der Waals surface area contributed by atoms with Gasteiger partial charge in [-0.3, -0.25) is 4.31 Å². The quantitative estimate of drug-likeness (QED) is 0.811. The van der Waals surface area contributed by atoms with E-state index in [-0.39, 0.29) is 19.4 Å². The Balaban J connectivity index is 3.17. The number of rotatable bonds is 3. The first kappa shape index (κ1) is 12.3. The summed E-state index contributed by atoms with van der Waals surface area (Å²) in [6.45, 7) is 1.21. The molecule has 0 bridgehead atoms. The van der Waals surface area contributed by atoms with E-state index in [2.05, 4.69) is 0 Å². The van der Waals surface area contributed by atoms with Crippen molar-refractivity contribution in [3.8, 4) is 0 Å². The zero-order chi connectivity index (χ0) is 11.6. The van der Waals surface area contributed by atoms with Crippen LogP contribution in [-0.2, 0) is 10.0 Å². The lowest BCUT2D eigenvalue weighted by molar-refractivity contribution is -0.259. The topological polar surface area (TPSA) is 77.5 Å². The van der Waals surface area contributed by atoms with Crippen LogP contribution in [0.3, 0.4) is 0 Å². The molecule has 0 radical (unpaired) electrons. The third kappa shape index (κ3) is 2.42. The molecule has 1 aromatic rings. The van der Waals surface area contributed by atoms with Crippen LogP contribution in [0.4, 0.5) is 4.79 Å². The standard InChI is InChI=1S/C7H8ClNO4S2/c1-2-9(7(10)11)15(12,13)6-4-3-5(8)14-6/h3-4H,2H2,1H3,(H,10,11)/p-1. The van der Waals surface area contributed by atoms with Crippen molar-refractivity contribution in [1.82, 2.24) is 4.31 Å². The summed E-state index contributed by atoms with van der Waals surface area (Å²) >= 11 is 6.37. The fourth-order valence-electron chi connectivity index (χ4n) is 0.942. The molecule has 1 rings (SSSR count). The molecule has 0 atom stereocenters. The largest absolute Gasteiger partial charge is 0.529 e. The third-order valence-electron chi connectivity index (χ3n) is 1.58. The number of nitrogens with zero attached hydrogens (tertiary/aromatic N) is 1. The summed E-state index contributed by atoms with van der Waals surface area (Å²) in [4.78, 5) is 10.6. The molecule has 0 aliphatic rings. The van der Waals surface area contributed by atoms with E-state index < -0.39 is 16.1 Å². The van der Waals surface area contributed by atoms with Crippen molar-refractivity contribution in [2.75, 3.05) is 6.54 Å². The SMILES string of the molecule is CCN(C(=O)[O-])S(=O)(=O)c1ccc(Cl)s1. The van der Waals surface area contributed by atoms with E-state index in [1.165, 1.54) is 19.1 Å². The Morgan fingerprint density at radius 2 is 2.20 bits per heavy atom. The normalized spacial score (nSPS) is 11.3. The van der Waals surface area contributed by atoms with Crippen LogP contribution in [0.2, 0.25) is 4.34 Å². The Morgan fingerprint density at radius 1 is 1.60 bits per heavy atom. The highest BCUT2D eigenvalue weighted by Crippen LogP contribution is 2.27. The van der Waals surface area contributed by atoms with Gasteiger partial charge in [0, 0.05) is 6.54 Å². The van der Waals surface area contributed by atoms with Gasteiger partial charge in [0.15, 0.2) is 6.09 Å². The lowest BCUT2D eigenvalue weighted by Crippen LogP contribution is -2.44. The number of carbonyl (C=O) groups excluding carboxylic acids is 1. The molecule has 0 fully saturated rings. The van der Waals surface area contributed by atoms with Gasteiger partial charge in [-0.05, 0) is 19.1 Å². The van der Waals surface area contributed by atoms with Crippen LogP contribution >= 0.6 is 22.9 Å². The second-order valence-corrected chi connectivity index (χ2v) is 6.30. The summed E-state index contributed by atoms with van der Waals surface area (Å²) in [5.74, 6) is 0. The van der Waals surface area contributed by atoms with Crippen molar-refractivity contribution in [1.29, 1.82) is 0 Å². The van der Waals surface area contributed by atoms with Gasteiger partial charge in [0.1, 0.15) is 4.21 Å². The van der Waals surface area contributed by atoms with Gasteiger partial charge in [-0.2, -0.15) is 0 Å². The van der Waals surface area contributed by atoms with Crippen LogP contribution in [0.25, 0.3) is 0 Å². The first-order valence-electron chi connectivity index (χ1n) is 3.88. The Bertz CT molecular complexity index is 467. The van der Waals surface area contributed by atoms with E-state index in [0.29, 0.717) is 0 Å². The number of hydrogen-bond donors (Lipinski definition) is 0. The van der Waals surface area contributed by atoms with Gasteiger partial charge in [0.2, 0.25) is 0 Å². The smallest absolute Gasteiger partial charge is 0.274 e. The third-order valence-corrected chi connectivity index (χ3v) is 5.12. The maximum absolute atomic E-state index is 11.7. The van der Waals surface area contributed by atoms with E-state index in [1.54, 1.807) is 0 Å². The van der Waals surface area contributed by atoms with Crippen molar-refractivity contribution in [3.05, 3.63) is 16.5 Å². The molecule has 15 heavy (non-hydrogen) atoms. The predicted molar refractivity (Wildman–Crippen MR) is 54.3 cm³/mol. The van der Waals surface area contributed by atoms with Gasteiger partial charge < -0.3 is 9.90 Å². The van der Waals surface area contributed by atoms with E-state index in [9.17, 15) is 18.3 Å². The Hall–Kier alpha value is -0.790. The molecular weight excluding hydrogens is 262 g/mol. The van der Waals surface area contributed by atoms with Crippen LogP contribution in [0.1, 0.15) is 6.92 Å². The van der Waals surface area contributed by atoms with Crippen LogP contribution in [-0.4, -0.2) is 25.4 Å². The molecule has 0 unspecified atom stereocenters. The first-order valence-corrected chi connectivity index (χ1v) is 6.52. The van der Waals surface area contributed by atoms with Crippen molar-refractivity contribution in [2.24, 2.45) is 0 Å². The summed E-state index contributed by atoms with van der Waals surface area (Å²) < 4.78 is 23.8. The number of carboxylic acid groups (broad SMARTS) is 1. The second kappa shape index (κ2) is 4.38.